The molecule has 0 spiro atoms. The number of halogens is 2. The molecule has 0 fully saturated rings. The van der Waals surface area contributed by atoms with Crippen LogP contribution in [0.5, 0.6) is 11.5 Å². The summed E-state index contributed by atoms with van der Waals surface area (Å²) >= 11 is 17.7. The minimum Gasteiger partial charge on any atom is -0.497 e. The molecule has 0 aliphatic carbocycles. The van der Waals surface area contributed by atoms with Crippen LogP contribution in [0, 0.1) is 0 Å². The molecule has 0 aliphatic heterocycles. The van der Waals surface area contributed by atoms with Gasteiger partial charge in [-0.1, -0.05) is 65.8 Å². The summed E-state index contributed by atoms with van der Waals surface area (Å²) in [6.07, 6.45) is 0.870. The third-order valence-electron chi connectivity index (χ3n) is 4.36. The largest absolute Gasteiger partial charge is 0.497 e. The number of hydrogen-bond acceptors (Lipinski definition) is 3. The molecule has 1 N–H and O–H groups in total. The molecule has 6 heteroatoms. The van der Waals surface area contributed by atoms with E-state index < -0.39 is 0 Å². The Balaban J connectivity index is 1.53. The van der Waals surface area contributed by atoms with Gasteiger partial charge < -0.3 is 14.8 Å². The smallest absolute Gasteiger partial charge is 0.120 e. The normalized spacial score (nSPS) is 10.4. The van der Waals surface area contributed by atoms with Crippen molar-refractivity contribution in [2.45, 2.75) is 13.0 Å². The SMILES string of the molecule is COc1ccc(CCNC(=S)c2cccc(OCc3ccc(Cl)cc3Cl)c2)cc1. The van der Waals surface area contributed by atoms with Gasteiger partial charge in [-0.2, -0.15) is 0 Å². The molecule has 0 heterocycles. The molecular weight excluding hydrogens is 425 g/mol. The molecule has 3 aromatic rings. The highest BCUT2D eigenvalue weighted by Crippen LogP contribution is 2.23. The Morgan fingerprint density at radius 3 is 2.48 bits per heavy atom. The number of ether oxygens (including phenoxy) is 2. The number of rotatable bonds is 8. The lowest BCUT2D eigenvalue weighted by molar-refractivity contribution is 0.306. The van der Waals surface area contributed by atoms with Gasteiger partial charge in [0.2, 0.25) is 0 Å². The lowest BCUT2D eigenvalue weighted by Gasteiger charge is -2.12. The lowest BCUT2D eigenvalue weighted by Crippen LogP contribution is -2.24. The van der Waals surface area contributed by atoms with Crippen molar-refractivity contribution in [2.75, 3.05) is 13.7 Å². The average Bonchev–Trinajstić information content (AvgIpc) is 2.74. The van der Waals surface area contributed by atoms with E-state index in [1.54, 1.807) is 19.2 Å². The van der Waals surface area contributed by atoms with Gasteiger partial charge in [0.15, 0.2) is 0 Å². The molecule has 0 unspecified atom stereocenters. The van der Waals surface area contributed by atoms with Crippen LogP contribution in [0.1, 0.15) is 16.7 Å². The van der Waals surface area contributed by atoms with Crippen LogP contribution in [-0.4, -0.2) is 18.6 Å². The quantitative estimate of drug-likeness (QED) is 0.425. The van der Waals surface area contributed by atoms with Gasteiger partial charge in [-0.25, -0.2) is 0 Å². The molecule has 0 saturated heterocycles. The van der Waals surface area contributed by atoms with Gasteiger partial charge in [-0.05, 0) is 48.4 Å². The van der Waals surface area contributed by atoms with Crippen molar-refractivity contribution in [1.82, 2.24) is 5.32 Å². The fraction of sp³-hybridized carbons (Fsp3) is 0.174. The Kier molecular flexibility index (Phi) is 7.76. The van der Waals surface area contributed by atoms with Crippen LogP contribution in [0.25, 0.3) is 0 Å². The summed E-state index contributed by atoms with van der Waals surface area (Å²) in [6, 6.07) is 21.1. The minimum atomic E-state index is 0.358. The summed E-state index contributed by atoms with van der Waals surface area (Å²) in [5.74, 6) is 1.58. The van der Waals surface area contributed by atoms with Crippen molar-refractivity contribution >= 4 is 40.4 Å². The van der Waals surface area contributed by atoms with Crippen molar-refractivity contribution in [1.29, 1.82) is 0 Å². The molecule has 3 rings (SSSR count). The standard InChI is InChI=1S/C23H21Cl2NO2S/c1-27-20-9-5-16(6-10-20)11-12-26-23(29)17-3-2-4-21(13-17)28-15-18-7-8-19(24)14-22(18)25/h2-10,13-14H,11-12,15H2,1H3,(H,26,29). The second-order valence-corrected chi connectivity index (χ2v) is 7.66. The summed E-state index contributed by atoms with van der Waals surface area (Å²) in [6.45, 7) is 1.10. The molecule has 0 aromatic heterocycles. The van der Waals surface area contributed by atoms with E-state index in [1.807, 2.05) is 42.5 Å². The van der Waals surface area contributed by atoms with E-state index in [2.05, 4.69) is 17.4 Å². The van der Waals surface area contributed by atoms with E-state index in [1.165, 1.54) is 5.56 Å². The van der Waals surface area contributed by atoms with E-state index in [9.17, 15) is 0 Å². The molecule has 0 bridgehead atoms. The third-order valence-corrected chi connectivity index (χ3v) is 5.33. The first-order chi connectivity index (χ1) is 14.0. The van der Waals surface area contributed by atoms with E-state index in [-0.39, 0.29) is 0 Å². The maximum absolute atomic E-state index is 6.20. The first kappa shape index (κ1) is 21.4. The first-order valence-electron chi connectivity index (χ1n) is 9.13. The summed E-state index contributed by atoms with van der Waals surface area (Å²) in [4.78, 5) is 0.688. The lowest BCUT2D eigenvalue weighted by atomic mass is 10.1. The van der Waals surface area contributed by atoms with Crippen molar-refractivity contribution in [3.63, 3.8) is 0 Å². The first-order valence-corrected chi connectivity index (χ1v) is 10.3. The number of benzene rings is 3. The van der Waals surface area contributed by atoms with Crippen molar-refractivity contribution in [3.8, 4) is 11.5 Å². The summed E-state index contributed by atoms with van der Waals surface area (Å²) in [5, 5.41) is 4.49. The second kappa shape index (κ2) is 10.5. The predicted octanol–water partition coefficient (Wildman–Crippen LogP) is 6.09. The molecule has 29 heavy (non-hydrogen) atoms. The van der Waals surface area contributed by atoms with Crippen LogP contribution >= 0.6 is 35.4 Å². The van der Waals surface area contributed by atoms with Crippen LogP contribution in [0.2, 0.25) is 10.0 Å². The molecule has 0 atom stereocenters. The Bertz CT molecular complexity index is 977. The fourth-order valence-electron chi connectivity index (χ4n) is 2.74. The summed E-state index contributed by atoms with van der Waals surface area (Å²) in [5.41, 5.74) is 3.01. The van der Waals surface area contributed by atoms with E-state index in [4.69, 9.17) is 44.9 Å². The van der Waals surface area contributed by atoms with Gasteiger partial charge in [-0.3, -0.25) is 0 Å². The van der Waals surface area contributed by atoms with Crippen LogP contribution in [-0.2, 0) is 13.0 Å². The summed E-state index contributed by atoms with van der Waals surface area (Å²) in [7, 11) is 1.66. The predicted molar refractivity (Wildman–Crippen MR) is 124 cm³/mol. The Hall–Kier alpha value is -2.27. The molecule has 0 radical (unpaired) electrons. The zero-order chi connectivity index (χ0) is 20.6. The van der Waals surface area contributed by atoms with Gasteiger partial charge in [-0.15, -0.1) is 0 Å². The minimum absolute atomic E-state index is 0.358. The maximum Gasteiger partial charge on any atom is 0.120 e. The average molecular weight is 446 g/mol. The van der Waals surface area contributed by atoms with Gasteiger partial charge in [0, 0.05) is 27.7 Å². The molecule has 0 saturated carbocycles. The number of thiocarbonyl (C=S) groups is 1. The van der Waals surface area contributed by atoms with Crippen LogP contribution < -0.4 is 14.8 Å². The van der Waals surface area contributed by atoms with Gasteiger partial charge in [0.25, 0.3) is 0 Å². The van der Waals surface area contributed by atoms with Crippen molar-refractivity contribution in [2.24, 2.45) is 0 Å². The van der Waals surface area contributed by atoms with Crippen molar-refractivity contribution in [3.05, 3.63) is 93.5 Å². The summed E-state index contributed by atoms with van der Waals surface area (Å²) < 4.78 is 11.1. The highest BCUT2D eigenvalue weighted by molar-refractivity contribution is 7.80. The number of hydrogen-bond donors (Lipinski definition) is 1. The molecule has 0 aliphatic rings. The molecule has 3 aromatic carbocycles. The fourth-order valence-corrected chi connectivity index (χ4v) is 3.43. The molecular formula is C23H21Cl2NO2S. The van der Waals surface area contributed by atoms with Crippen LogP contribution in [0.4, 0.5) is 0 Å². The second-order valence-electron chi connectivity index (χ2n) is 6.41. The zero-order valence-corrected chi connectivity index (χ0v) is 18.3. The molecule has 3 nitrogen and oxygen atoms in total. The maximum atomic E-state index is 6.20. The molecule has 0 amide bonds. The van der Waals surface area contributed by atoms with Crippen LogP contribution in [0.15, 0.2) is 66.7 Å². The van der Waals surface area contributed by atoms with Crippen LogP contribution in [0.3, 0.4) is 0 Å². The highest BCUT2D eigenvalue weighted by atomic mass is 35.5. The Morgan fingerprint density at radius 1 is 0.966 bits per heavy atom. The van der Waals surface area contributed by atoms with E-state index in [0.717, 1.165) is 35.6 Å². The van der Waals surface area contributed by atoms with Gasteiger partial charge >= 0.3 is 0 Å². The Labute approximate surface area is 186 Å². The van der Waals surface area contributed by atoms with Gasteiger partial charge in [0.1, 0.15) is 23.1 Å². The monoisotopic (exact) mass is 445 g/mol. The topological polar surface area (TPSA) is 30.5 Å². The number of methoxy groups -OCH3 is 1. The molecule has 150 valence electrons. The van der Waals surface area contributed by atoms with Crippen molar-refractivity contribution < 1.29 is 9.47 Å². The highest BCUT2D eigenvalue weighted by Gasteiger charge is 2.06. The number of nitrogens with one attached hydrogen (secondary N) is 1. The van der Waals surface area contributed by atoms with E-state index >= 15 is 0 Å². The third kappa shape index (κ3) is 6.36. The zero-order valence-electron chi connectivity index (χ0n) is 16.0. The Morgan fingerprint density at radius 2 is 1.76 bits per heavy atom. The van der Waals surface area contributed by atoms with Gasteiger partial charge in [0.05, 0.1) is 7.11 Å². The van der Waals surface area contributed by atoms with E-state index in [0.29, 0.717) is 21.6 Å².